The van der Waals surface area contributed by atoms with E-state index in [0.29, 0.717) is 25.0 Å². The molecule has 0 saturated carbocycles. The molecular formula is C17H19NO3. The van der Waals surface area contributed by atoms with Crippen LogP contribution in [0.4, 0.5) is 0 Å². The van der Waals surface area contributed by atoms with Gasteiger partial charge in [0.1, 0.15) is 5.75 Å². The molecule has 0 atom stereocenters. The number of amides is 2. The number of hydrogen-bond acceptors (Lipinski definition) is 3. The SMILES string of the molecule is CC/C(=C\c1cccc(OC)c1)C(=O)N1CCC=CC1=O. The van der Waals surface area contributed by atoms with Crippen LogP contribution >= 0.6 is 0 Å². The van der Waals surface area contributed by atoms with E-state index in [-0.39, 0.29) is 11.8 Å². The molecule has 1 aromatic rings. The van der Waals surface area contributed by atoms with E-state index in [1.807, 2.05) is 37.3 Å². The molecular weight excluding hydrogens is 266 g/mol. The Morgan fingerprint density at radius 3 is 2.90 bits per heavy atom. The van der Waals surface area contributed by atoms with Crippen molar-refractivity contribution in [1.82, 2.24) is 4.90 Å². The summed E-state index contributed by atoms with van der Waals surface area (Å²) in [6.45, 7) is 2.36. The molecule has 0 fully saturated rings. The summed E-state index contributed by atoms with van der Waals surface area (Å²) in [5.41, 5.74) is 1.51. The van der Waals surface area contributed by atoms with Crippen molar-refractivity contribution in [3.8, 4) is 5.75 Å². The molecule has 0 saturated heterocycles. The molecule has 4 nitrogen and oxygen atoms in total. The van der Waals surface area contributed by atoms with Crippen LogP contribution in [-0.2, 0) is 9.59 Å². The highest BCUT2D eigenvalue weighted by Gasteiger charge is 2.23. The Morgan fingerprint density at radius 2 is 2.24 bits per heavy atom. The van der Waals surface area contributed by atoms with Gasteiger partial charge >= 0.3 is 0 Å². The molecule has 110 valence electrons. The summed E-state index contributed by atoms with van der Waals surface area (Å²) >= 11 is 0. The fourth-order valence-corrected chi connectivity index (χ4v) is 2.21. The van der Waals surface area contributed by atoms with Crippen LogP contribution in [0.15, 0.2) is 42.0 Å². The van der Waals surface area contributed by atoms with E-state index in [9.17, 15) is 9.59 Å². The number of methoxy groups -OCH3 is 1. The van der Waals surface area contributed by atoms with Gasteiger partial charge in [-0.15, -0.1) is 0 Å². The van der Waals surface area contributed by atoms with Crippen molar-refractivity contribution in [2.75, 3.05) is 13.7 Å². The van der Waals surface area contributed by atoms with Crippen molar-refractivity contribution in [3.05, 3.63) is 47.6 Å². The summed E-state index contributed by atoms with van der Waals surface area (Å²) in [6.07, 6.45) is 6.36. The molecule has 1 heterocycles. The van der Waals surface area contributed by atoms with Crippen LogP contribution in [0, 0.1) is 0 Å². The van der Waals surface area contributed by atoms with E-state index in [2.05, 4.69) is 0 Å². The summed E-state index contributed by atoms with van der Waals surface area (Å²) < 4.78 is 5.18. The monoisotopic (exact) mass is 285 g/mol. The second-order valence-corrected chi connectivity index (χ2v) is 4.79. The van der Waals surface area contributed by atoms with Crippen molar-refractivity contribution in [2.24, 2.45) is 0 Å². The highest BCUT2D eigenvalue weighted by molar-refractivity contribution is 6.09. The van der Waals surface area contributed by atoms with Gasteiger partial charge in [0.2, 0.25) is 0 Å². The van der Waals surface area contributed by atoms with Gasteiger partial charge in [-0.25, -0.2) is 0 Å². The van der Waals surface area contributed by atoms with Crippen LogP contribution in [0.1, 0.15) is 25.3 Å². The van der Waals surface area contributed by atoms with E-state index < -0.39 is 0 Å². The normalized spacial score (nSPS) is 15.2. The molecule has 4 heteroatoms. The number of carbonyl (C=O) groups excluding carboxylic acids is 2. The van der Waals surface area contributed by atoms with Gasteiger partial charge < -0.3 is 4.74 Å². The molecule has 0 radical (unpaired) electrons. The molecule has 0 N–H and O–H groups in total. The first-order chi connectivity index (χ1) is 10.2. The van der Waals surface area contributed by atoms with Crippen molar-refractivity contribution in [1.29, 1.82) is 0 Å². The minimum Gasteiger partial charge on any atom is -0.497 e. The Kier molecular flexibility index (Phi) is 4.93. The lowest BCUT2D eigenvalue weighted by atomic mass is 10.1. The van der Waals surface area contributed by atoms with E-state index in [1.165, 1.54) is 11.0 Å². The topological polar surface area (TPSA) is 46.6 Å². The smallest absolute Gasteiger partial charge is 0.256 e. The maximum atomic E-state index is 12.5. The Hall–Kier alpha value is -2.36. The summed E-state index contributed by atoms with van der Waals surface area (Å²) in [5.74, 6) is 0.287. The average molecular weight is 285 g/mol. The number of imide groups is 1. The number of carbonyl (C=O) groups is 2. The van der Waals surface area contributed by atoms with Gasteiger partial charge in [0.15, 0.2) is 0 Å². The number of ether oxygens (including phenoxy) is 1. The van der Waals surface area contributed by atoms with Gasteiger partial charge in [0.05, 0.1) is 7.11 Å². The standard InChI is InChI=1S/C17H19NO3/c1-3-14(11-13-7-6-8-15(12-13)21-2)17(20)18-10-5-4-9-16(18)19/h4,6-9,11-12H,3,5,10H2,1-2H3/b14-11+. The lowest BCUT2D eigenvalue weighted by Gasteiger charge is -2.22. The fourth-order valence-electron chi connectivity index (χ4n) is 2.21. The molecule has 0 unspecified atom stereocenters. The highest BCUT2D eigenvalue weighted by Crippen LogP contribution is 2.18. The minimum atomic E-state index is -0.240. The summed E-state index contributed by atoms with van der Waals surface area (Å²) in [6, 6.07) is 7.49. The lowest BCUT2D eigenvalue weighted by molar-refractivity contribution is -0.139. The molecule has 0 spiro atoms. The Bertz CT molecular complexity index is 602. The molecule has 0 aliphatic carbocycles. The van der Waals surface area contributed by atoms with Gasteiger partial charge in [-0.3, -0.25) is 14.5 Å². The zero-order chi connectivity index (χ0) is 15.2. The fraction of sp³-hybridized carbons (Fsp3) is 0.294. The summed E-state index contributed by atoms with van der Waals surface area (Å²) in [4.78, 5) is 25.6. The summed E-state index contributed by atoms with van der Waals surface area (Å²) in [7, 11) is 1.60. The predicted octanol–water partition coefficient (Wildman–Crippen LogP) is 2.80. The molecule has 1 aliphatic heterocycles. The van der Waals surface area contributed by atoms with Crippen LogP contribution in [0.25, 0.3) is 6.08 Å². The number of benzene rings is 1. The largest absolute Gasteiger partial charge is 0.497 e. The molecule has 2 rings (SSSR count). The van der Waals surface area contributed by atoms with Crippen molar-refractivity contribution < 1.29 is 14.3 Å². The third-order valence-corrected chi connectivity index (χ3v) is 3.38. The first-order valence-electron chi connectivity index (χ1n) is 7.02. The lowest BCUT2D eigenvalue weighted by Crippen LogP contribution is -2.39. The number of hydrogen-bond donors (Lipinski definition) is 0. The third-order valence-electron chi connectivity index (χ3n) is 3.38. The maximum absolute atomic E-state index is 12.5. The Morgan fingerprint density at radius 1 is 1.43 bits per heavy atom. The first-order valence-corrected chi connectivity index (χ1v) is 7.02. The van der Waals surface area contributed by atoms with Crippen LogP contribution in [-0.4, -0.2) is 30.4 Å². The second-order valence-electron chi connectivity index (χ2n) is 4.79. The maximum Gasteiger partial charge on any atom is 0.256 e. The number of rotatable bonds is 4. The van der Waals surface area contributed by atoms with Gasteiger partial charge in [-0.05, 0) is 42.7 Å². The van der Waals surface area contributed by atoms with Crippen molar-refractivity contribution >= 4 is 17.9 Å². The van der Waals surface area contributed by atoms with Crippen molar-refractivity contribution in [3.63, 3.8) is 0 Å². The van der Waals surface area contributed by atoms with Gasteiger partial charge in [0.25, 0.3) is 11.8 Å². The second kappa shape index (κ2) is 6.88. The average Bonchev–Trinajstić information content (AvgIpc) is 2.52. The van der Waals surface area contributed by atoms with Gasteiger partial charge in [-0.1, -0.05) is 25.1 Å². The molecule has 1 aromatic carbocycles. The Balaban J connectivity index is 2.25. The van der Waals surface area contributed by atoms with E-state index in [1.54, 1.807) is 13.2 Å². The molecule has 0 bridgehead atoms. The van der Waals surface area contributed by atoms with Gasteiger partial charge in [0, 0.05) is 12.1 Å². The summed E-state index contributed by atoms with van der Waals surface area (Å²) in [5, 5.41) is 0. The van der Waals surface area contributed by atoms with Crippen molar-refractivity contribution in [2.45, 2.75) is 19.8 Å². The molecule has 0 aromatic heterocycles. The minimum absolute atomic E-state index is 0.213. The van der Waals surface area contributed by atoms with Crippen LogP contribution < -0.4 is 4.74 Å². The van der Waals surface area contributed by atoms with Crippen LogP contribution in [0.2, 0.25) is 0 Å². The molecule has 2 amide bonds. The van der Waals surface area contributed by atoms with E-state index >= 15 is 0 Å². The Labute approximate surface area is 124 Å². The molecule has 21 heavy (non-hydrogen) atoms. The van der Waals surface area contributed by atoms with E-state index in [4.69, 9.17) is 4.74 Å². The zero-order valence-corrected chi connectivity index (χ0v) is 12.3. The quantitative estimate of drug-likeness (QED) is 0.799. The molecule has 1 aliphatic rings. The number of nitrogens with zero attached hydrogens (tertiary/aromatic N) is 1. The zero-order valence-electron chi connectivity index (χ0n) is 12.3. The van der Waals surface area contributed by atoms with Crippen LogP contribution in [0.3, 0.4) is 0 Å². The van der Waals surface area contributed by atoms with Gasteiger partial charge in [-0.2, -0.15) is 0 Å². The highest BCUT2D eigenvalue weighted by atomic mass is 16.5. The van der Waals surface area contributed by atoms with E-state index in [0.717, 1.165) is 11.3 Å². The first kappa shape index (κ1) is 15.0. The third kappa shape index (κ3) is 3.60. The van der Waals surface area contributed by atoms with Crippen LogP contribution in [0.5, 0.6) is 5.75 Å². The predicted molar refractivity (Wildman–Crippen MR) is 81.7 cm³/mol.